The highest BCUT2D eigenvalue weighted by Gasteiger charge is 2.31. The fraction of sp³-hybridized carbons (Fsp3) is 0.364. The first-order chi connectivity index (χ1) is 7.13. The molecule has 0 aromatic heterocycles. The van der Waals surface area contributed by atoms with Crippen LogP contribution in [0.2, 0.25) is 5.02 Å². The summed E-state index contributed by atoms with van der Waals surface area (Å²) in [4.78, 5) is 4.34. The lowest BCUT2D eigenvalue weighted by Crippen LogP contribution is -2.28. The summed E-state index contributed by atoms with van der Waals surface area (Å²) in [5, 5.41) is 9.81. The first-order valence-corrected chi connectivity index (χ1v) is 5.10. The van der Waals surface area contributed by atoms with Crippen molar-refractivity contribution in [2.24, 2.45) is 4.99 Å². The molecule has 15 heavy (non-hydrogen) atoms. The molecule has 1 heterocycles. The van der Waals surface area contributed by atoms with Gasteiger partial charge in [0.15, 0.2) is 0 Å². The van der Waals surface area contributed by atoms with Gasteiger partial charge in [0.25, 0.3) is 0 Å². The van der Waals surface area contributed by atoms with E-state index in [4.69, 9.17) is 21.4 Å². The maximum absolute atomic E-state index is 9.13. The van der Waals surface area contributed by atoms with Crippen molar-refractivity contribution in [3.8, 4) is 0 Å². The van der Waals surface area contributed by atoms with Gasteiger partial charge >= 0.3 is 0 Å². The van der Waals surface area contributed by atoms with E-state index >= 15 is 0 Å². The Morgan fingerprint density at radius 3 is 2.67 bits per heavy atom. The number of ether oxygens (including phenoxy) is 1. The van der Waals surface area contributed by atoms with Crippen molar-refractivity contribution in [1.29, 1.82) is 0 Å². The molecule has 0 amide bonds. The molecule has 2 rings (SSSR count). The number of aliphatic hydroxyl groups is 1. The van der Waals surface area contributed by atoms with Crippen molar-refractivity contribution in [3.63, 3.8) is 0 Å². The average molecular weight is 226 g/mol. The predicted molar refractivity (Wildman–Crippen MR) is 59.4 cm³/mol. The van der Waals surface area contributed by atoms with Crippen LogP contribution < -0.4 is 0 Å². The topological polar surface area (TPSA) is 41.8 Å². The van der Waals surface area contributed by atoms with E-state index in [-0.39, 0.29) is 6.61 Å². The molecular weight excluding hydrogens is 214 g/mol. The van der Waals surface area contributed by atoms with Crippen molar-refractivity contribution in [2.75, 3.05) is 13.2 Å². The summed E-state index contributed by atoms with van der Waals surface area (Å²) in [5.41, 5.74) is 0.381. The zero-order valence-corrected chi connectivity index (χ0v) is 9.16. The lowest BCUT2D eigenvalue weighted by atomic mass is 10.1. The Hall–Kier alpha value is -1.06. The molecule has 0 bridgehead atoms. The van der Waals surface area contributed by atoms with Crippen LogP contribution in [0, 0.1) is 0 Å². The Balaban J connectivity index is 2.26. The molecule has 80 valence electrons. The normalized spacial score (nSPS) is 24.9. The molecule has 0 spiro atoms. The Labute approximate surface area is 93.4 Å². The van der Waals surface area contributed by atoms with Gasteiger partial charge in [-0.25, -0.2) is 4.99 Å². The van der Waals surface area contributed by atoms with E-state index in [1.54, 1.807) is 12.1 Å². The van der Waals surface area contributed by atoms with E-state index in [1.165, 1.54) is 0 Å². The Kier molecular flexibility index (Phi) is 2.67. The number of benzene rings is 1. The molecule has 0 fully saturated rings. The quantitative estimate of drug-likeness (QED) is 0.835. The SMILES string of the molecule is CC1(CO)COC(c2ccc(Cl)cc2)=N1. The lowest BCUT2D eigenvalue weighted by molar-refractivity contribution is 0.170. The van der Waals surface area contributed by atoms with Crippen LogP contribution in [0.25, 0.3) is 0 Å². The van der Waals surface area contributed by atoms with E-state index in [9.17, 15) is 0 Å². The molecule has 3 nitrogen and oxygen atoms in total. The van der Waals surface area contributed by atoms with Gasteiger partial charge < -0.3 is 9.84 Å². The van der Waals surface area contributed by atoms with Gasteiger partial charge in [-0.1, -0.05) is 11.6 Å². The second kappa shape index (κ2) is 3.83. The van der Waals surface area contributed by atoms with E-state index < -0.39 is 5.54 Å². The van der Waals surface area contributed by atoms with Crippen LogP contribution >= 0.6 is 11.6 Å². The van der Waals surface area contributed by atoms with Gasteiger partial charge in [0.2, 0.25) is 5.90 Å². The lowest BCUT2D eigenvalue weighted by Gasteiger charge is -2.12. The van der Waals surface area contributed by atoms with E-state index in [0.717, 1.165) is 5.56 Å². The van der Waals surface area contributed by atoms with Crippen LogP contribution in [0.4, 0.5) is 0 Å². The van der Waals surface area contributed by atoms with Crippen LogP contribution in [-0.2, 0) is 4.74 Å². The molecular formula is C11H12ClNO2. The number of hydrogen-bond donors (Lipinski definition) is 1. The molecule has 0 saturated carbocycles. The fourth-order valence-electron chi connectivity index (χ4n) is 1.35. The largest absolute Gasteiger partial charge is 0.475 e. The van der Waals surface area contributed by atoms with E-state index in [2.05, 4.69) is 4.99 Å². The number of hydrogen-bond acceptors (Lipinski definition) is 3. The van der Waals surface area contributed by atoms with Crippen LogP contribution in [0.5, 0.6) is 0 Å². The highest BCUT2D eigenvalue weighted by molar-refractivity contribution is 6.30. The number of halogens is 1. The summed E-state index contributed by atoms with van der Waals surface area (Å²) in [6.07, 6.45) is 0. The summed E-state index contributed by atoms with van der Waals surface area (Å²) in [7, 11) is 0. The van der Waals surface area contributed by atoms with Gasteiger partial charge in [-0.05, 0) is 31.2 Å². The zero-order chi connectivity index (χ0) is 10.9. The highest BCUT2D eigenvalue weighted by Crippen LogP contribution is 2.21. The van der Waals surface area contributed by atoms with E-state index in [0.29, 0.717) is 17.5 Å². The second-order valence-corrected chi connectivity index (χ2v) is 4.30. The molecule has 0 aliphatic carbocycles. The Bertz CT molecular complexity index is 388. The van der Waals surface area contributed by atoms with Gasteiger partial charge in [-0.15, -0.1) is 0 Å². The maximum atomic E-state index is 9.13. The maximum Gasteiger partial charge on any atom is 0.216 e. The summed E-state index contributed by atoms with van der Waals surface area (Å²) < 4.78 is 5.43. The molecule has 1 unspecified atom stereocenters. The predicted octanol–water partition coefficient (Wildman–Crippen LogP) is 1.87. The van der Waals surface area contributed by atoms with Crippen molar-refractivity contribution in [1.82, 2.24) is 0 Å². The zero-order valence-electron chi connectivity index (χ0n) is 8.40. The molecule has 1 aliphatic heterocycles. The third kappa shape index (κ3) is 2.13. The Morgan fingerprint density at radius 1 is 1.47 bits per heavy atom. The van der Waals surface area contributed by atoms with Crippen molar-refractivity contribution >= 4 is 17.5 Å². The first-order valence-electron chi connectivity index (χ1n) is 4.72. The van der Waals surface area contributed by atoms with Gasteiger partial charge in [0, 0.05) is 10.6 Å². The summed E-state index contributed by atoms with van der Waals surface area (Å²) in [6, 6.07) is 7.28. The van der Waals surface area contributed by atoms with Crippen molar-refractivity contribution < 1.29 is 9.84 Å². The highest BCUT2D eigenvalue weighted by atomic mass is 35.5. The smallest absolute Gasteiger partial charge is 0.216 e. The molecule has 1 N–H and O–H groups in total. The minimum Gasteiger partial charge on any atom is -0.475 e. The van der Waals surface area contributed by atoms with Crippen LogP contribution in [0.3, 0.4) is 0 Å². The standard InChI is InChI=1S/C11H12ClNO2/c1-11(6-14)7-15-10(13-11)8-2-4-9(12)5-3-8/h2-5,14H,6-7H2,1H3. The van der Waals surface area contributed by atoms with Crippen LogP contribution in [0.15, 0.2) is 29.3 Å². The minimum atomic E-state index is -0.505. The van der Waals surface area contributed by atoms with Gasteiger partial charge in [-0.2, -0.15) is 0 Å². The number of aliphatic hydroxyl groups excluding tert-OH is 1. The van der Waals surface area contributed by atoms with Gasteiger partial charge in [0.1, 0.15) is 12.1 Å². The molecule has 1 aliphatic rings. The molecule has 4 heteroatoms. The molecule has 0 saturated heterocycles. The third-order valence-corrected chi connectivity index (χ3v) is 2.58. The fourth-order valence-corrected chi connectivity index (χ4v) is 1.48. The summed E-state index contributed by atoms with van der Waals surface area (Å²) in [6.45, 7) is 2.27. The molecule has 0 radical (unpaired) electrons. The monoisotopic (exact) mass is 225 g/mol. The van der Waals surface area contributed by atoms with Crippen LogP contribution in [0.1, 0.15) is 12.5 Å². The first kappa shape index (κ1) is 10.5. The Morgan fingerprint density at radius 2 is 2.13 bits per heavy atom. The second-order valence-electron chi connectivity index (χ2n) is 3.87. The third-order valence-electron chi connectivity index (χ3n) is 2.32. The summed E-state index contributed by atoms with van der Waals surface area (Å²) >= 11 is 5.78. The number of aliphatic imine (C=N–C) groups is 1. The molecule has 1 aromatic carbocycles. The van der Waals surface area contributed by atoms with Gasteiger partial charge in [0.05, 0.1) is 6.61 Å². The van der Waals surface area contributed by atoms with Crippen molar-refractivity contribution in [3.05, 3.63) is 34.9 Å². The van der Waals surface area contributed by atoms with Crippen LogP contribution in [-0.4, -0.2) is 29.8 Å². The molecule has 1 atom stereocenters. The van der Waals surface area contributed by atoms with Gasteiger partial charge in [-0.3, -0.25) is 0 Å². The molecule has 1 aromatic rings. The number of rotatable bonds is 2. The average Bonchev–Trinajstić information content (AvgIpc) is 2.63. The number of nitrogens with zero attached hydrogens (tertiary/aromatic N) is 1. The minimum absolute atomic E-state index is 0.00983. The summed E-state index contributed by atoms with van der Waals surface area (Å²) in [5.74, 6) is 0.572. The van der Waals surface area contributed by atoms with E-state index in [1.807, 2.05) is 19.1 Å². The van der Waals surface area contributed by atoms with Crippen molar-refractivity contribution in [2.45, 2.75) is 12.5 Å².